The van der Waals surface area contributed by atoms with Gasteiger partial charge in [-0.2, -0.15) is 7.82 Å². The zero-order valence-electron chi connectivity index (χ0n) is 5.32. The topological polar surface area (TPSA) is 167 Å². The predicted molar refractivity (Wildman–Crippen MR) is 25.4 cm³/mol. The molecule has 0 atom stereocenters. The number of hydrogen-bond acceptors (Lipinski definition) is 6. The fraction of sp³-hybridized carbons (Fsp3) is 0. The van der Waals surface area contributed by atoms with E-state index in [9.17, 15) is 0 Å². The summed E-state index contributed by atoms with van der Waals surface area (Å²) in [5.41, 5.74) is 0. The minimum Gasteiger partial charge on any atom is -0.822 e. The normalized spacial score (nSPS) is 9.83. The molecule has 69 valence electrons. The summed E-state index contributed by atoms with van der Waals surface area (Å²) in [5, 5.41) is 0. The molecule has 0 aliphatic carbocycles. The van der Waals surface area contributed by atoms with Crippen LogP contribution in [-0.4, -0.2) is 47.5 Å². The molecule has 0 heterocycles. The van der Waals surface area contributed by atoms with E-state index in [2.05, 4.69) is 0 Å². The van der Waals surface area contributed by atoms with E-state index >= 15 is 0 Å². The van der Waals surface area contributed by atoms with Gasteiger partial charge in [-0.25, -0.2) is 0 Å². The van der Waals surface area contributed by atoms with E-state index in [4.69, 9.17) is 38.5 Å². The van der Waals surface area contributed by atoms with Crippen molar-refractivity contribution in [1.82, 2.24) is 0 Å². The molecule has 0 amide bonds. The van der Waals surface area contributed by atoms with E-state index in [0.717, 1.165) is 0 Å². The first-order chi connectivity index (χ1) is 4.00. The Bertz CT molecular complexity index is 129. The van der Waals surface area contributed by atoms with Crippen LogP contribution in [0.15, 0.2) is 0 Å². The van der Waals surface area contributed by atoms with Crippen LogP contribution in [-0.2, 0) is 26.2 Å². The first-order valence-corrected chi connectivity index (χ1v) is 4.49. The number of rotatable bonds is 0. The third-order valence-corrected chi connectivity index (χ3v) is 0. The van der Waals surface area contributed by atoms with Crippen LogP contribution in [0.3, 0.4) is 0 Å². The van der Waals surface area contributed by atoms with Crippen LogP contribution in [0.2, 0.25) is 0 Å². The van der Waals surface area contributed by atoms with E-state index in [1.54, 1.807) is 0 Å². The summed E-state index contributed by atoms with van der Waals surface area (Å²) in [7, 11) is -10.3. The van der Waals surface area contributed by atoms with Crippen LogP contribution in [0.5, 0.6) is 0 Å². The molecule has 12 heavy (non-hydrogen) atoms. The van der Waals surface area contributed by atoms with Gasteiger partial charge in [-0.05, 0) is 0 Å². The van der Waals surface area contributed by atoms with Gasteiger partial charge < -0.3 is 33.9 Å². The molecule has 0 aliphatic rings. The Kier molecular flexibility index (Phi) is 18.8. The van der Waals surface area contributed by atoms with Crippen LogP contribution in [0.1, 0.15) is 0 Å². The van der Waals surface area contributed by atoms with Crippen molar-refractivity contribution in [3.63, 3.8) is 0 Å². The first-order valence-electron chi connectivity index (χ1n) is 1.50. The van der Waals surface area contributed by atoms with Gasteiger partial charge in [0, 0.05) is 0 Å². The molecule has 0 aromatic carbocycles. The molecule has 0 bridgehead atoms. The summed E-state index contributed by atoms with van der Waals surface area (Å²) in [4.78, 5) is 48.6. The predicted octanol–water partition coefficient (Wildman–Crippen LogP) is -4.77. The van der Waals surface area contributed by atoms with Crippen molar-refractivity contribution in [2.24, 2.45) is 0 Å². The Morgan fingerprint density at radius 1 is 0.917 bits per heavy atom. The van der Waals surface area contributed by atoms with Gasteiger partial charge >= 0.3 is 54.8 Å². The van der Waals surface area contributed by atoms with Crippen molar-refractivity contribution in [3.8, 4) is 0 Å². The Balaban J connectivity index is -0.0000000457. The van der Waals surface area contributed by atoms with E-state index in [1.165, 1.54) is 0 Å². The molecule has 0 aromatic rings. The zero-order chi connectivity index (χ0) is 9.00. The summed E-state index contributed by atoms with van der Waals surface area (Å²) < 4.78 is 17.3. The Labute approximate surface area is 108 Å². The van der Waals surface area contributed by atoms with Gasteiger partial charge in [-0.3, -0.25) is 4.57 Å². The number of phosphoric acid groups is 2. The van der Waals surface area contributed by atoms with Crippen LogP contribution in [0.4, 0.5) is 0 Å². The van der Waals surface area contributed by atoms with Crippen LogP contribution in [0, 0.1) is 0 Å². The fourth-order valence-corrected chi connectivity index (χ4v) is 0. The van der Waals surface area contributed by atoms with Crippen molar-refractivity contribution in [3.05, 3.63) is 0 Å². The molecular formula is H2CaMnO8P2. The monoisotopic (exact) mass is 287 g/mol. The minimum atomic E-state index is -5.39. The quantitative estimate of drug-likeness (QED) is 0.330. The summed E-state index contributed by atoms with van der Waals surface area (Å²) >= 11 is 0. The summed E-state index contributed by atoms with van der Waals surface area (Å²) in [6, 6.07) is 0. The molecule has 0 saturated heterocycles. The van der Waals surface area contributed by atoms with E-state index in [1.807, 2.05) is 0 Å². The van der Waals surface area contributed by atoms with Crippen molar-refractivity contribution in [2.45, 2.75) is 0 Å². The molecule has 1 radical (unpaired) electrons. The van der Waals surface area contributed by atoms with Gasteiger partial charge in [0.2, 0.25) is 0 Å². The fourth-order valence-electron chi connectivity index (χ4n) is 0. The van der Waals surface area contributed by atoms with Crippen LogP contribution >= 0.6 is 15.6 Å². The van der Waals surface area contributed by atoms with Gasteiger partial charge in [0.1, 0.15) is 0 Å². The molecule has 0 unspecified atom stereocenters. The second kappa shape index (κ2) is 9.55. The Morgan fingerprint density at radius 2 is 0.917 bits per heavy atom. The van der Waals surface area contributed by atoms with E-state index in [-0.39, 0.29) is 54.8 Å². The maximum Gasteiger partial charge on any atom is 2.00 e. The summed E-state index contributed by atoms with van der Waals surface area (Å²) in [6.07, 6.45) is 0. The maximum absolute atomic E-state index is 8.77. The molecule has 0 aromatic heterocycles. The Hall–Kier alpha value is 2.00. The summed E-state index contributed by atoms with van der Waals surface area (Å²) in [5.74, 6) is 0. The average molecular weight is 287 g/mol. The average Bonchev–Trinajstić information content (AvgIpc) is 1.12. The Morgan fingerprint density at radius 3 is 0.917 bits per heavy atom. The standard InChI is InChI=1S/Ca.Mn.2H3O4P/c;;2*1-5(2,3)4/h;;2*(H3,1,2,3,4)/q2*+2;;/p-4. The number of hydrogen-bond donors (Lipinski definition) is 2. The van der Waals surface area contributed by atoms with E-state index < -0.39 is 15.6 Å². The second-order valence-corrected chi connectivity index (χ2v) is 2.81. The van der Waals surface area contributed by atoms with Crippen molar-refractivity contribution in [2.75, 3.05) is 0 Å². The van der Waals surface area contributed by atoms with Crippen LogP contribution in [0.25, 0.3) is 0 Å². The molecule has 0 spiro atoms. The molecule has 2 N–H and O–H groups in total. The molecule has 12 heteroatoms. The van der Waals surface area contributed by atoms with Gasteiger partial charge in [-0.1, -0.05) is 0 Å². The van der Waals surface area contributed by atoms with Gasteiger partial charge in [0.25, 0.3) is 7.82 Å². The molecular weight excluding hydrogens is 285 g/mol. The third kappa shape index (κ3) is 363. The van der Waals surface area contributed by atoms with Gasteiger partial charge in [-0.15, -0.1) is 0 Å². The van der Waals surface area contributed by atoms with Crippen molar-refractivity contribution >= 4 is 53.4 Å². The second-order valence-electron chi connectivity index (χ2n) is 0.938. The molecule has 0 fully saturated rings. The molecule has 8 nitrogen and oxygen atoms in total. The molecule has 0 rings (SSSR count). The van der Waals surface area contributed by atoms with Crippen molar-refractivity contribution in [1.29, 1.82) is 0 Å². The molecule has 0 aliphatic heterocycles. The third-order valence-electron chi connectivity index (χ3n) is 0. The zero-order valence-corrected chi connectivity index (χ0v) is 10.5. The SMILES string of the molecule is O=P([O-])(O)O.O=P([O-])([O-])[O-].[Ca+2].[Mn+2]. The van der Waals surface area contributed by atoms with Crippen LogP contribution < -0.4 is 19.6 Å². The van der Waals surface area contributed by atoms with Gasteiger partial charge in [0.05, 0.1) is 0 Å². The van der Waals surface area contributed by atoms with Crippen molar-refractivity contribution < 1.29 is 55.6 Å². The largest absolute Gasteiger partial charge is 2.00 e. The molecule has 0 saturated carbocycles. The smallest absolute Gasteiger partial charge is 0.822 e. The van der Waals surface area contributed by atoms with Gasteiger partial charge in [0.15, 0.2) is 0 Å². The summed E-state index contributed by atoms with van der Waals surface area (Å²) in [6.45, 7) is 0. The van der Waals surface area contributed by atoms with E-state index in [0.29, 0.717) is 0 Å². The first kappa shape index (κ1) is 23.7. The minimum absolute atomic E-state index is 0. The maximum atomic E-state index is 8.77.